The van der Waals surface area contributed by atoms with Crippen LogP contribution in [0.15, 0.2) is 30.3 Å². The molecule has 2 aromatic rings. The number of nitrogens with two attached hydrogens (primary N) is 1. The normalized spacial score (nSPS) is 21.4. The maximum atomic E-state index is 13.0. The zero-order valence-electron chi connectivity index (χ0n) is 11.4. The van der Waals surface area contributed by atoms with E-state index in [0.29, 0.717) is 16.9 Å². The molecule has 3 rings (SSSR count). The number of halogens is 2. The fraction of sp³-hybridized carbons (Fsp3) is 0.333. The van der Waals surface area contributed by atoms with E-state index in [4.69, 9.17) is 17.3 Å². The van der Waals surface area contributed by atoms with Crippen molar-refractivity contribution in [2.45, 2.75) is 31.2 Å². The van der Waals surface area contributed by atoms with E-state index >= 15 is 0 Å². The first kappa shape index (κ1) is 14.1. The van der Waals surface area contributed by atoms with Gasteiger partial charge in [0.05, 0.1) is 0 Å². The van der Waals surface area contributed by atoms with Gasteiger partial charge in [-0.25, -0.2) is 9.37 Å². The Hall–Kier alpha value is -1.88. The molecule has 110 valence electrons. The van der Waals surface area contributed by atoms with Crippen molar-refractivity contribution in [2.24, 2.45) is 0 Å². The Labute approximate surface area is 127 Å². The zero-order chi connectivity index (χ0) is 14.8. The van der Waals surface area contributed by atoms with Gasteiger partial charge in [-0.2, -0.15) is 4.98 Å². The van der Waals surface area contributed by atoms with E-state index < -0.39 is 0 Å². The third kappa shape index (κ3) is 3.24. The fourth-order valence-corrected chi connectivity index (χ4v) is 3.13. The highest BCUT2D eigenvalue weighted by molar-refractivity contribution is 6.29. The minimum Gasteiger partial charge on any atom is -0.368 e. The molecule has 1 aliphatic rings. The first-order valence-electron chi connectivity index (χ1n) is 6.94. The van der Waals surface area contributed by atoms with Crippen LogP contribution in [0.1, 0.15) is 30.7 Å². The molecule has 0 saturated heterocycles. The van der Waals surface area contributed by atoms with Gasteiger partial charge in [-0.1, -0.05) is 30.2 Å². The number of rotatable bonds is 3. The molecule has 0 spiro atoms. The maximum Gasteiger partial charge on any atom is 0.223 e. The van der Waals surface area contributed by atoms with Crippen molar-refractivity contribution in [2.75, 3.05) is 11.1 Å². The maximum absolute atomic E-state index is 13.0. The van der Waals surface area contributed by atoms with Crippen LogP contribution in [-0.4, -0.2) is 16.0 Å². The predicted molar refractivity (Wildman–Crippen MR) is 81.9 cm³/mol. The molecule has 0 amide bonds. The molecule has 0 radical (unpaired) electrons. The molecule has 1 heterocycles. The summed E-state index contributed by atoms with van der Waals surface area (Å²) in [6.07, 6.45) is 3.22. The Morgan fingerprint density at radius 1 is 1.19 bits per heavy atom. The molecule has 4 nitrogen and oxygen atoms in total. The van der Waals surface area contributed by atoms with Gasteiger partial charge < -0.3 is 11.1 Å². The summed E-state index contributed by atoms with van der Waals surface area (Å²) < 4.78 is 13.0. The fourth-order valence-electron chi connectivity index (χ4n) is 2.94. The second-order valence-corrected chi connectivity index (χ2v) is 5.66. The summed E-state index contributed by atoms with van der Waals surface area (Å²) in [5.41, 5.74) is 6.75. The second kappa shape index (κ2) is 5.85. The van der Waals surface area contributed by atoms with Gasteiger partial charge in [0, 0.05) is 18.0 Å². The van der Waals surface area contributed by atoms with Crippen LogP contribution in [0.5, 0.6) is 0 Å². The molecule has 1 aromatic heterocycles. The van der Waals surface area contributed by atoms with Crippen molar-refractivity contribution in [1.82, 2.24) is 9.97 Å². The average molecular weight is 307 g/mol. The number of nitrogens with zero attached hydrogens (tertiary/aromatic N) is 2. The second-order valence-electron chi connectivity index (χ2n) is 5.27. The zero-order valence-corrected chi connectivity index (χ0v) is 12.1. The first-order chi connectivity index (χ1) is 10.1. The minimum absolute atomic E-state index is 0.154. The molecule has 3 N–H and O–H groups in total. The van der Waals surface area contributed by atoms with E-state index in [1.165, 1.54) is 12.1 Å². The predicted octanol–water partition coefficient (Wildman–Crippen LogP) is 3.60. The lowest BCUT2D eigenvalue weighted by Gasteiger charge is -2.22. The highest BCUT2D eigenvalue weighted by Gasteiger charge is 2.28. The largest absolute Gasteiger partial charge is 0.368 e. The van der Waals surface area contributed by atoms with Crippen molar-refractivity contribution in [3.8, 4) is 0 Å². The van der Waals surface area contributed by atoms with Crippen LogP contribution < -0.4 is 11.1 Å². The lowest BCUT2D eigenvalue weighted by molar-refractivity contribution is 0.618. The van der Waals surface area contributed by atoms with Gasteiger partial charge in [-0.3, -0.25) is 0 Å². The van der Waals surface area contributed by atoms with E-state index in [9.17, 15) is 4.39 Å². The third-order valence-corrected chi connectivity index (χ3v) is 4.05. The van der Waals surface area contributed by atoms with Gasteiger partial charge >= 0.3 is 0 Å². The summed E-state index contributed by atoms with van der Waals surface area (Å²) in [5, 5.41) is 3.70. The summed E-state index contributed by atoms with van der Waals surface area (Å²) in [6.45, 7) is 0. The highest BCUT2D eigenvalue weighted by atomic mass is 35.5. The number of anilines is 2. The number of nitrogen functional groups attached to an aromatic ring is 1. The van der Waals surface area contributed by atoms with Crippen molar-refractivity contribution < 1.29 is 4.39 Å². The summed E-state index contributed by atoms with van der Waals surface area (Å²) in [6, 6.07) is 8.61. The standard InChI is InChI=1S/C15H16ClFN4/c16-13-8-14(21-15(18)20-13)19-12-3-1-2-11(12)9-4-6-10(17)7-5-9/h4-8,11-12H,1-3H2,(H3,18,19,20,21). The quantitative estimate of drug-likeness (QED) is 0.850. The van der Waals surface area contributed by atoms with E-state index in [1.807, 2.05) is 12.1 Å². The Bertz CT molecular complexity index is 612. The van der Waals surface area contributed by atoms with Crippen molar-refractivity contribution in [1.29, 1.82) is 0 Å². The van der Waals surface area contributed by atoms with Crippen molar-refractivity contribution in [3.05, 3.63) is 46.9 Å². The van der Waals surface area contributed by atoms with Crippen molar-refractivity contribution in [3.63, 3.8) is 0 Å². The van der Waals surface area contributed by atoms with Crippen LogP contribution >= 0.6 is 11.6 Å². The minimum atomic E-state index is -0.211. The topological polar surface area (TPSA) is 63.8 Å². The molecule has 1 aromatic carbocycles. The lowest BCUT2D eigenvalue weighted by atomic mass is 9.94. The third-order valence-electron chi connectivity index (χ3n) is 3.86. The van der Waals surface area contributed by atoms with Gasteiger partial charge in [0.15, 0.2) is 0 Å². The molecule has 0 bridgehead atoms. The van der Waals surface area contributed by atoms with Gasteiger partial charge in [0.1, 0.15) is 16.8 Å². The molecule has 6 heteroatoms. The summed E-state index contributed by atoms with van der Waals surface area (Å²) in [7, 11) is 0. The van der Waals surface area contributed by atoms with E-state index in [1.54, 1.807) is 6.07 Å². The van der Waals surface area contributed by atoms with Gasteiger partial charge in [0.2, 0.25) is 5.95 Å². The van der Waals surface area contributed by atoms with Gasteiger partial charge in [-0.15, -0.1) is 0 Å². The molecule has 2 unspecified atom stereocenters. The van der Waals surface area contributed by atoms with Crippen LogP contribution in [0.4, 0.5) is 16.2 Å². The number of nitrogens with one attached hydrogen (secondary N) is 1. The van der Waals surface area contributed by atoms with Crippen molar-refractivity contribution >= 4 is 23.4 Å². The molecule has 0 aliphatic heterocycles. The number of benzene rings is 1. The van der Waals surface area contributed by atoms with Gasteiger partial charge in [-0.05, 0) is 30.5 Å². The average Bonchev–Trinajstić information content (AvgIpc) is 2.86. The molecule has 2 atom stereocenters. The Kier molecular flexibility index (Phi) is 3.92. The molecule has 1 fully saturated rings. The number of hydrogen-bond donors (Lipinski definition) is 2. The molecule has 1 saturated carbocycles. The Morgan fingerprint density at radius 3 is 2.67 bits per heavy atom. The van der Waals surface area contributed by atoms with Crippen LogP contribution in [0.3, 0.4) is 0 Å². The lowest BCUT2D eigenvalue weighted by Crippen LogP contribution is -2.23. The molecule has 21 heavy (non-hydrogen) atoms. The van der Waals surface area contributed by atoms with Crippen LogP contribution in [0, 0.1) is 5.82 Å². The van der Waals surface area contributed by atoms with E-state index in [-0.39, 0.29) is 17.8 Å². The Morgan fingerprint density at radius 2 is 1.95 bits per heavy atom. The summed E-state index contributed by atoms with van der Waals surface area (Å²) in [4.78, 5) is 8.00. The van der Waals surface area contributed by atoms with E-state index in [2.05, 4.69) is 15.3 Å². The molecular formula is C15H16ClFN4. The summed E-state index contributed by atoms with van der Waals surface area (Å²) >= 11 is 5.89. The SMILES string of the molecule is Nc1nc(Cl)cc(NC2CCCC2c2ccc(F)cc2)n1. The van der Waals surface area contributed by atoms with Crippen LogP contribution in [0.25, 0.3) is 0 Å². The monoisotopic (exact) mass is 306 g/mol. The molecule has 1 aliphatic carbocycles. The van der Waals surface area contributed by atoms with Crippen LogP contribution in [0.2, 0.25) is 5.15 Å². The van der Waals surface area contributed by atoms with Gasteiger partial charge in [0.25, 0.3) is 0 Å². The Balaban J connectivity index is 1.79. The molecular weight excluding hydrogens is 291 g/mol. The first-order valence-corrected chi connectivity index (χ1v) is 7.31. The summed E-state index contributed by atoms with van der Waals surface area (Å²) in [5.74, 6) is 0.907. The van der Waals surface area contributed by atoms with Crippen LogP contribution in [-0.2, 0) is 0 Å². The number of aromatic nitrogens is 2. The smallest absolute Gasteiger partial charge is 0.223 e. The highest BCUT2D eigenvalue weighted by Crippen LogP contribution is 2.36. The van der Waals surface area contributed by atoms with E-state index in [0.717, 1.165) is 24.8 Å². The number of hydrogen-bond acceptors (Lipinski definition) is 4.